The number of ether oxygens (including phenoxy) is 1. The van der Waals surface area contributed by atoms with Crippen molar-refractivity contribution in [3.05, 3.63) is 70.2 Å². The Bertz CT molecular complexity index is 853. The Morgan fingerprint density at radius 1 is 0.966 bits per heavy atom. The molecule has 2 aromatic carbocycles. The normalized spacial score (nSPS) is 13.7. The van der Waals surface area contributed by atoms with Crippen LogP contribution in [0.15, 0.2) is 48.5 Å². The highest BCUT2D eigenvalue weighted by atomic mass is 35.5. The van der Waals surface area contributed by atoms with Gasteiger partial charge >= 0.3 is 5.97 Å². The van der Waals surface area contributed by atoms with E-state index < -0.39 is 18.1 Å². The lowest BCUT2D eigenvalue weighted by molar-refractivity contribution is -0.152. The second-order valence-corrected chi connectivity index (χ2v) is 9.03. The van der Waals surface area contributed by atoms with E-state index in [-0.39, 0.29) is 17.2 Å². The summed E-state index contributed by atoms with van der Waals surface area (Å²) >= 11 is 6.19. The van der Waals surface area contributed by atoms with Crippen LogP contribution in [0.4, 0.5) is 0 Å². The summed E-state index contributed by atoms with van der Waals surface area (Å²) < 4.78 is 5.60. The van der Waals surface area contributed by atoms with E-state index in [0.29, 0.717) is 10.6 Å². The van der Waals surface area contributed by atoms with Gasteiger partial charge in [-0.25, -0.2) is 4.79 Å². The third kappa shape index (κ3) is 6.07. The minimum atomic E-state index is -0.755. The molecule has 0 aliphatic rings. The number of esters is 1. The highest BCUT2D eigenvalue weighted by Crippen LogP contribution is 2.26. The van der Waals surface area contributed by atoms with Gasteiger partial charge in [0.1, 0.15) is 12.1 Å². The van der Waals surface area contributed by atoms with Crippen molar-refractivity contribution < 1.29 is 14.3 Å². The van der Waals surface area contributed by atoms with Gasteiger partial charge < -0.3 is 10.1 Å². The molecule has 0 aliphatic carbocycles. The molecule has 0 aromatic heterocycles. The van der Waals surface area contributed by atoms with Crippen LogP contribution in [0.5, 0.6) is 0 Å². The summed E-state index contributed by atoms with van der Waals surface area (Å²) in [6.45, 7) is 11.9. The maximum atomic E-state index is 12.8. The van der Waals surface area contributed by atoms with Gasteiger partial charge in [-0.3, -0.25) is 4.79 Å². The largest absolute Gasteiger partial charge is 0.456 e. The molecule has 0 radical (unpaired) electrons. The molecule has 0 spiro atoms. The Balaban J connectivity index is 2.10. The molecule has 156 valence electrons. The Labute approximate surface area is 178 Å². The first-order chi connectivity index (χ1) is 13.5. The van der Waals surface area contributed by atoms with Gasteiger partial charge in [0.2, 0.25) is 0 Å². The number of rotatable bonds is 6. The summed E-state index contributed by atoms with van der Waals surface area (Å²) in [6.07, 6.45) is -0.513. The summed E-state index contributed by atoms with van der Waals surface area (Å²) in [5.41, 5.74) is 2.39. The van der Waals surface area contributed by atoms with Gasteiger partial charge in [-0.05, 0) is 42.0 Å². The lowest BCUT2D eigenvalue weighted by atomic mass is 9.86. The monoisotopic (exact) mass is 415 g/mol. The standard InChI is InChI=1S/C24H30ClNO3/c1-15(2)21(23(28)29-16(3)19-9-7-8-10-20(19)25)26-22(27)17-11-13-18(14-12-17)24(4,5)6/h7-16,21H,1-6H3,(H,26,27)/t16-,21+/m1/s1. The first-order valence-electron chi connectivity index (χ1n) is 9.87. The van der Waals surface area contributed by atoms with Crippen molar-refractivity contribution in [3.8, 4) is 0 Å². The fourth-order valence-corrected chi connectivity index (χ4v) is 3.25. The van der Waals surface area contributed by atoms with Crippen LogP contribution in [0.3, 0.4) is 0 Å². The number of carbonyl (C=O) groups is 2. The number of benzene rings is 2. The molecule has 0 heterocycles. The maximum absolute atomic E-state index is 12.8. The van der Waals surface area contributed by atoms with Gasteiger partial charge in [0.25, 0.3) is 5.91 Å². The average Bonchev–Trinajstić information content (AvgIpc) is 2.65. The molecule has 0 saturated carbocycles. The van der Waals surface area contributed by atoms with Gasteiger partial charge in [0.15, 0.2) is 0 Å². The number of hydrogen-bond acceptors (Lipinski definition) is 3. The zero-order chi connectivity index (χ0) is 21.8. The summed E-state index contributed by atoms with van der Waals surface area (Å²) in [7, 11) is 0. The molecule has 5 heteroatoms. The Morgan fingerprint density at radius 2 is 1.55 bits per heavy atom. The van der Waals surface area contributed by atoms with Gasteiger partial charge in [-0.2, -0.15) is 0 Å². The average molecular weight is 416 g/mol. The topological polar surface area (TPSA) is 55.4 Å². The van der Waals surface area contributed by atoms with E-state index in [1.807, 2.05) is 44.2 Å². The molecule has 29 heavy (non-hydrogen) atoms. The molecule has 0 bridgehead atoms. The number of nitrogens with one attached hydrogen (secondary N) is 1. The smallest absolute Gasteiger partial charge is 0.329 e. The van der Waals surface area contributed by atoms with Crippen molar-refractivity contribution in [2.24, 2.45) is 5.92 Å². The van der Waals surface area contributed by atoms with Crippen LogP contribution in [0.1, 0.15) is 69.1 Å². The van der Waals surface area contributed by atoms with Crippen molar-refractivity contribution in [2.45, 2.75) is 59.1 Å². The molecule has 2 aromatic rings. The Hall–Kier alpha value is -2.33. The van der Waals surface area contributed by atoms with E-state index in [1.54, 1.807) is 25.1 Å². The van der Waals surface area contributed by atoms with E-state index in [2.05, 4.69) is 26.1 Å². The number of halogens is 1. The van der Waals surface area contributed by atoms with Gasteiger partial charge in [0.05, 0.1) is 0 Å². The van der Waals surface area contributed by atoms with Crippen LogP contribution in [0.2, 0.25) is 5.02 Å². The van der Waals surface area contributed by atoms with Gasteiger partial charge in [-0.15, -0.1) is 0 Å². The van der Waals surface area contributed by atoms with Crippen molar-refractivity contribution >= 4 is 23.5 Å². The van der Waals surface area contributed by atoms with Gasteiger partial charge in [0, 0.05) is 16.1 Å². The summed E-state index contributed by atoms with van der Waals surface area (Å²) in [5, 5.41) is 3.35. The van der Waals surface area contributed by atoms with Crippen LogP contribution < -0.4 is 5.32 Å². The predicted molar refractivity (Wildman–Crippen MR) is 117 cm³/mol. The van der Waals surface area contributed by atoms with E-state index >= 15 is 0 Å². The summed E-state index contributed by atoms with van der Waals surface area (Å²) in [6, 6.07) is 13.9. The van der Waals surface area contributed by atoms with E-state index in [9.17, 15) is 9.59 Å². The molecular formula is C24H30ClNO3. The molecule has 0 unspecified atom stereocenters. The molecule has 0 aliphatic heterocycles. The molecule has 4 nitrogen and oxygen atoms in total. The van der Waals surface area contributed by atoms with Crippen LogP contribution in [0.25, 0.3) is 0 Å². The second-order valence-electron chi connectivity index (χ2n) is 8.62. The first-order valence-corrected chi connectivity index (χ1v) is 10.2. The van der Waals surface area contributed by atoms with Crippen molar-refractivity contribution in [3.63, 3.8) is 0 Å². The second kappa shape index (κ2) is 9.45. The zero-order valence-corrected chi connectivity index (χ0v) is 18.7. The molecule has 1 N–H and O–H groups in total. The van der Waals surface area contributed by atoms with Crippen LogP contribution >= 0.6 is 11.6 Å². The van der Waals surface area contributed by atoms with E-state index in [1.165, 1.54) is 0 Å². The van der Waals surface area contributed by atoms with Gasteiger partial charge in [-0.1, -0.05) is 76.6 Å². The van der Waals surface area contributed by atoms with Crippen molar-refractivity contribution in [2.75, 3.05) is 0 Å². The van der Waals surface area contributed by atoms with E-state index in [0.717, 1.165) is 11.1 Å². The fraction of sp³-hybridized carbons (Fsp3) is 0.417. The maximum Gasteiger partial charge on any atom is 0.329 e. The van der Waals surface area contributed by atoms with Crippen molar-refractivity contribution in [1.29, 1.82) is 0 Å². The minimum absolute atomic E-state index is 0.00807. The predicted octanol–water partition coefficient (Wildman–Crippen LogP) is 5.70. The highest BCUT2D eigenvalue weighted by molar-refractivity contribution is 6.31. The third-order valence-electron chi connectivity index (χ3n) is 4.86. The quantitative estimate of drug-likeness (QED) is 0.616. The fourth-order valence-electron chi connectivity index (χ4n) is 2.96. The molecular weight excluding hydrogens is 386 g/mol. The molecule has 2 atom stereocenters. The first kappa shape index (κ1) is 23.0. The number of carbonyl (C=O) groups excluding carboxylic acids is 2. The number of amides is 1. The van der Waals surface area contributed by atoms with Crippen molar-refractivity contribution in [1.82, 2.24) is 5.32 Å². The lowest BCUT2D eigenvalue weighted by Crippen LogP contribution is -2.45. The zero-order valence-electron chi connectivity index (χ0n) is 18.0. The molecule has 1 amide bonds. The Kier molecular flexibility index (Phi) is 7.48. The third-order valence-corrected chi connectivity index (χ3v) is 5.20. The summed E-state index contributed by atoms with van der Waals surface area (Å²) in [5.74, 6) is -0.905. The van der Waals surface area contributed by atoms with Crippen LogP contribution in [-0.4, -0.2) is 17.9 Å². The number of hydrogen-bond donors (Lipinski definition) is 1. The lowest BCUT2D eigenvalue weighted by Gasteiger charge is -2.24. The van der Waals surface area contributed by atoms with Crippen LogP contribution in [-0.2, 0) is 14.9 Å². The Morgan fingerprint density at radius 3 is 2.07 bits per heavy atom. The molecule has 2 rings (SSSR count). The van der Waals surface area contributed by atoms with Crippen LogP contribution in [0, 0.1) is 5.92 Å². The molecule has 0 fully saturated rings. The minimum Gasteiger partial charge on any atom is -0.456 e. The molecule has 0 saturated heterocycles. The highest BCUT2D eigenvalue weighted by Gasteiger charge is 2.28. The SMILES string of the molecule is CC(C)[C@H](NC(=O)c1ccc(C(C)(C)C)cc1)C(=O)O[C@H](C)c1ccccc1Cl. The summed E-state index contributed by atoms with van der Waals surface area (Å²) in [4.78, 5) is 25.4. The van der Waals surface area contributed by atoms with E-state index in [4.69, 9.17) is 16.3 Å².